The molecule has 5 nitrogen and oxygen atoms in total. The van der Waals surface area contributed by atoms with Crippen LogP contribution in [0.25, 0.3) is 0 Å². The Morgan fingerprint density at radius 2 is 1.88 bits per heavy atom. The molecule has 1 amide bonds. The molecule has 5 heteroatoms. The van der Waals surface area contributed by atoms with Gasteiger partial charge >= 0.3 is 0 Å². The molecular formula is C20H26N2O3. The Balaban J connectivity index is 1.87. The largest absolute Gasteiger partial charge is 0.508 e. The van der Waals surface area contributed by atoms with Gasteiger partial charge in [0.05, 0.1) is 6.10 Å². The van der Waals surface area contributed by atoms with Crippen molar-refractivity contribution in [2.24, 2.45) is 5.73 Å². The van der Waals surface area contributed by atoms with Gasteiger partial charge in [-0.3, -0.25) is 4.79 Å². The van der Waals surface area contributed by atoms with Crippen molar-refractivity contribution in [2.45, 2.75) is 38.3 Å². The number of carbonyl (C=O) groups excluding carboxylic acids is 1. The number of benzene rings is 2. The molecule has 25 heavy (non-hydrogen) atoms. The van der Waals surface area contributed by atoms with Gasteiger partial charge < -0.3 is 21.3 Å². The van der Waals surface area contributed by atoms with E-state index in [0.717, 1.165) is 24.0 Å². The van der Waals surface area contributed by atoms with Crippen LogP contribution in [0.1, 0.15) is 47.9 Å². The first-order valence-electron chi connectivity index (χ1n) is 8.37. The Kier molecular flexibility index (Phi) is 6.17. The number of hydrogen-bond acceptors (Lipinski definition) is 4. The van der Waals surface area contributed by atoms with E-state index in [9.17, 15) is 15.0 Å². The number of carbonyl (C=O) groups is 1. The first-order valence-corrected chi connectivity index (χ1v) is 8.37. The van der Waals surface area contributed by atoms with E-state index >= 15 is 0 Å². The molecule has 2 rings (SSSR count). The zero-order valence-corrected chi connectivity index (χ0v) is 14.7. The Hall–Kier alpha value is -2.37. The number of aryl methyl sites for hydroxylation is 1. The molecule has 0 bridgehead atoms. The SMILES string of the molecule is CC(C)(CCc1cccc(C(N)=O)c1)NCC(O)c1ccc(O)cc1. The Morgan fingerprint density at radius 3 is 2.52 bits per heavy atom. The van der Waals surface area contributed by atoms with E-state index in [2.05, 4.69) is 19.2 Å². The Morgan fingerprint density at radius 1 is 1.20 bits per heavy atom. The fourth-order valence-corrected chi connectivity index (χ4v) is 2.61. The third-order valence-electron chi connectivity index (χ3n) is 4.30. The molecule has 0 radical (unpaired) electrons. The Bertz CT molecular complexity index is 711. The molecule has 0 spiro atoms. The maximum Gasteiger partial charge on any atom is 0.248 e. The number of nitrogens with one attached hydrogen (secondary N) is 1. The molecule has 0 fully saturated rings. The number of phenolic OH excluding ortho intramolecular Hbond substituents is 1. The molecule has 0 saturated heterocycles. The zero-order chi connectivity index (χ0) is 18.4. The van der Waals surface area contributed by atoms with Crippen LogP contribution in [0.4, 0.5) is 0 Å². The summed E-state index contributed by atoms with van der Waals surface area (Å²) in [4.78, 5) is 11.3. The standard InChI is InChI=1S/C20H26N2O3/c1-20(2,11-10-14-4-3-5-16(12-14)19(21)25)22-13-18(24)15-6-8-17(23)9-7-15/h3-9,12,18,22-24H,10-11,13H2,1-2H3,(H2,21,25). The summed E-state index contributed by atoms with van der Waals surface area (Å²) < 4.78 is 0. The Labute approximate surface area is 148 Å². The minimum Gasteiger partial charge on any atom is -0.508 e. The third-order valence-corrected chi connectivity index (χ3v) is 4.30. The monoisotopic (exact) mass is 342 g/mol. The summed E-state index contributed by atoms with van der Waals surface area (Å²) in [5, 5.41) is 22.9. The maximum absolute atomic E-state index is 11.3. The van der Waals surface area contributed by atoms with Crippen molar-refractivity contribution in [1.29, 1.82) is 0 Å². The van der Waals surface area contributed by atoms with Crippen molar-refractivity contribution in [3.63, 3.8) is 0 Å². The fraction of sp³-hybridized carbons (Fsp3) is 0.350. The van der Waals surface area contributed by atoms with Crippen LogP contribution >= 0.6 is 0 Å². The molecule has 1 atom stereocenters. The van der Waals surface area contributed by atoms with E-state index in [1.807, 2.05) is 18.2 Å². The van der Waals surface area contributed by atoms with Crippen LogP contribution in [0.15, 0.2) is 48.5 Å². The van der Waals surface area contributed by atoms with Gasteiger partial charge in [-0.1, -0.05) is 24.3 Å². The number of hydrogen-bond donors (Lipinski definition) is 4. The van der Waals surface area contributed by atoms with E-state index in [-0.39, 0.29) is 11.3 Å². The summed E-state index contributed by atoms with van der Waals surface area (Å²) in [6, 6.07) is 13.9. The first kappa shape index (κ1) is 19.0. The van der Waals surface area contributed by atoms with Gasteiger partial charge in [0.25, 0.3) is 0 Å². The molecule has 0 heterocycles. The number of rotatable bonds is 8. The molecular weight excluding hydrogens is 316 g/mol. The average Bonchev–Trinajstić information content (AvgIpc) is 2.59. The van der Waals surface area contributed by atoms with Crippen LogP contribution in [-0.4, -0.2) is 28.2 Å². The highest BCUT2D eigenvalue weighted by molar-refractivity contribution is 5.92. The second-order valence-electron chi connectivity index (χ2n) is 6.94. The highest BCUT2D eigenvalue weighted by Gasteiger charge is 2.19. The van der Waals surface area contributed by atoms with Gasteiger partial charge in [-0.05, 0) is 62.1 Å². The number of aromatic hydroxyl groups is 1. The number of aliphatic hydroxyl groups is 1. The van der Waals surface area contributed by atoms with E-state index in [4.69, 9.17) is 5.73 Å². The summed E-state index contributed by atoms with van der Waals surface area (Å²) in [5.74, 6) is -0.237. The van der Waals surface area contributed by atoms with Crippen LogP contribution in [0.5, 0.6) is 5.75 Å². The summed E-state index contributed by atoms with van der Waals surface area (Å²) in [6.07, 6.45) is 1.01. The molecule has 0 aliphatic heterocycles. The normalized spacial score (nSPS) is 12.8. The summed E-state index contributed by atoms with van der Waals surface area (Å²) in [6.45, 7) is 4.57. The molecule has 0 aliphatic carbocycles. The topological polar surface area (TPSA) is 95.6 Å². The summed E-state index contributed by atoms with van der Waals surface area (Å²) >= 11 is 0. The van der Waals surface area contributed by atoms with Crippen molar-refractivity contribution in [1.82, 2.24) is 5.32 Å². The van der Waals surface area contributed by atoms with Crippen molar-refractivity contribution < 1.29 is 15.0 Å². The van der Waals surface area contributed by atoms with E-state index in [0.29, 0.717) is 12.1 Å². The van der Waals surface area contributed by atoms with Crippen molar-refractivity contribution >= 4 is 5.91 Å². The molecule has 1 unspecified atom stereocenters. The van der Waals surface area contributed by atoms with E-state index in [1.165, 1.54) is 0 Å². The highest BCUT2D eigenvalue weighted by atomic mass is 16.3. The van der Waals surface area contributed by atoms with Gasteiger partial charge in [-0.2, -0.15) is 0 Å². The fourth-order valence-electron chi connectivity index (χ4n) is 2.61. The van der Waals surface area contributed by atoms with Crippen molar-refractivity contribution in [3.05, 3.63) is 65.2 Å². The predicted molar refractivity (Wildman–Crippen MR) is 98.4 cm³/mol. The maximum atomic E-state index is 11.3. The lowest BCUT2D eigenvalue weighted by Crippen LogP contribution is -2.42. The zero-order valence-electron chi connectivity index (χ0n) is 14.7. The van der Waals surface area contributed by atoms with Gasteiger partial charge in [-0.25, -0.2) is 0 Å². The van der Waals surface area contributed by atoms with E-state index in [1.54, 1.807) is 30.3 Å². The number of aliphatic hydroxyl groups excluding tert-OH is 1. The predicted octanol–water partition coefficient (Wildman–Crippen LogP) is 2.53. The second-order valence-corrected chi connectivity index (χ2v) is 6.94. The quantitative estimate of drug-likeness (QED) is 0.593. The van der Waals surface area contributed by atoms with E-state index < -0.39 is 12.0 Å². The minimum absolute atomic E-state index is 0.180. The van der Waals surface area contributed by atoms with Crippen LogP contribution in [0.2, 0.25) is 0 Å². The highest BCUT2D eigenvalue weighted by Crippen LogP contribution is 2.19. The average molecular weight is 342 g/mol. The lowest BCUT2D eigenvalue weighted by molar-refractivity contribution is 0.1000. The number of amides is 1. The van der Waals surface area contributed by atoms with Gasteiger partial charge in [0.2, 0.25) is 5.91 Å². The van der Waals surface area contributed by atoms with Crippen molar-refractivity contribution in [3.8, 4) is 5.75 Å². The third kappa shape index (κ3) is 5.89. The second kappa shape index (κ2) is 8.14. The lowest BCUT2D eigenvalue weighted by Gasteiger charge is -2.28. The number of phenols is 1. The molecule has 0 saturated carbocycles. The molecule has 0 aromatic heterocycles. The molecule has 5 N–H and O–H groups in total. The molecule has 2 aromatic rings. The molecule has 0 aliphatic rings. The van der Waals surface area contributed by atoms with Crippen molar-refractivity contribution in [2.75, 3.05) is 6.54 Å². The number of β-amino-alcohol motifs (C(OH)–C–C–N with tert-alkyl or cyclic N) is 1. The van der Waals surface area contributed by atoms with Gasteiger partial charge in [-0.15, -0.1) is 0 Å². The van der Waals surface area contributed by atoms with Gasteiger partial charge in [0.15, 0.2) is 0 Å². The van der Waals surface area contributed by atoms with Crippen LogP contribution in [0, 0.1) is 0 Å². The summed E-state index contributed by atoms with van der Waals surface area (Å²) in [7, 11) is 0. The van der Waals surface area contributed by atoms with Crippen LogP contribution < -0.4 is 11.1 Å². The van der Waals surface area contributed by atoms with Gasteiger partial charge in [0, 0.05) is 17.6 Å². The number of nitrogens with two attached hydrogens (primary N) is 1. The van der Waals surface area contributed by atoms with Crippen LogP contribution in [0.3, 0.4) is 0 Å². The number of primary amides is 1. The first-order chi connectivity index (χ1) is 11.8. The smallest absolute Gasteiger partial charge is 0.248 e. The molecule has 2 aromatic carbocycles. The lowest BCUT2D eigenvalue weighted by atomic mass is 9.94. The van der Waals surface area contributed by atoms with Gasteiger partial charge in [0.1, 0.15) is 5.75 Å². The molecule has 134 valence electrons. The summed E-state index contributed by atoms with van der Waals surface area (Å²) in [5.41, 5.74) is 7.47. The minimum atomic E-state index is -0.641. The van der Waals surface area contributed by atoms with Crippen LogP contribution in [-0.2, 0) is 6.42 Å².